The molecule has 8 nitrogen and oxygen atoms in total. The van der Waals surface area contributed by atoms with E-state index in [4.69, 9.17) is 14.5 Å². The molecular weight excluding hydrogens is 410 g/mol. The highest BCUT2D eigenvalue weighted by molar-refractivity contribution is 6.05. The molecule has 0 radical (unpaired) electrons. The summed E-state index contributed by atoms with van der Waals surface area (Å²) in [4.78, 5) is 45.6. The van der Waals surface area contributed by atoms with Gasteiger partial charge >= 0.3 is 12.1 Å². The van der Waals surface area contributed by atoms with Gasteiger partial charge in [-0.05, 0) is 43.7 Å². The van der Waals surface area contributed by atoms with Crippen molar-refractivity contribution in [2.24, 2.45) is 5.92 Å². The maximum Gasteiger partial charge on any atom is 0.409 e. The van der Waals surface area contributed by atoms with Crippen LogP contribution in [-0.2, 0) is 27.1 Å². The Balaban J connectivity index is 1.44. The lowest BCUT2D eigenvalue weighted by Gasteiger charge is -2.33. The Hall–Kier alpha value is -3.16. The van der Waals surface area contributed by atoms with Crippen molar-refractivity contribution in [1.29, 1.82) is 0 Å². The SMILES string of the molecule is CCOC(=O)N1CCN(C(=O)COC(=O)c2c3c(nc4ccccc24)CC[C@@H](C)C3)CC1. The van der Waals surface area contributed by atoms with Crippen LogP contribution in [0, 0.1) is 5.92 Å². The van der Waals surface area contributed by atoms with Crippen molar-refractivity contribution < 1.29 is 23.9 Å². The Bertz CT molecular complexity index is 1030. The van der Waals surface area contributed by atoms with Gasteiger partial charge in [-0.3, -0.25) is 9.78 Å². The number of piperazine rings is 1. The van der Waals surface area contributed by atoms with Crippen LogP contribution in [0.3, 0.4) is 0 Å². The second-order valence-electron chi connectivity index (χ2n) is 8.42. The summed E-state index contributed by atoms with van der Waals surface area (Å²) in [5.74, 6) is -0.274. The molecule has 1 aliphatic heterocycles. The Kier molecular flexibility index (Phi) is 6.58. The molecular formula is C24H29N3O5. The summed E-state index contributed by atoms with van der Waals surface area (Å²) in [6.07, 6.45) is 2.30. The number of carbonyl (C=O) groups excluding carboxylic acids is 3. The van der Waals surface area contributed by atoms with Crippen LogP contribution >= 0.6 is 0 Å². The fraction of sp³-hybridized carbons (Fsp3) is 0.500. The second-order valence-corrected chi connectivity index (χ2v) is 8.42. The predicted molar refractivity (Wildman–Crippen MR) is 118 cm³/mol. The summed E-state index contributed by atoms with van der Waals surface area (Å²) in [6.45, 7) is 5.51. The molecule has 2 amide bonds. The molecule has 0 bridgehead atoms. The molecule has 0 saturated carbocycles. The predicted octanol–water partition coefficient (Wildman–Crippen LogP) is 2.82. The average Bonchev–Trinajstić information content (AvgIpc) is 2.81. The molecule has 0 unspecified atom stereocenters. The van der Waals surface area contributed by atoms with E-state index in [1.807, 2.05) is 24.3 Å². The molecule has 1 fully saturated rings. The maximum absolute atomic E-state index is 13.1. The number of aromatic nitrogens is 1. The van der Waals surface area contributed by atoms with Crippen molar-refractivity contribution in [3.8, 4) is 0 Å². The number of aryl methyl sites for hydroxylation is 1. The average molecular weight is 440 g/mol. The first-order valence-corrected chi connectivity index (χ1v) is 11.2. The quantitative estimate of drug-likeness (QED) is 0.681. The van der Waals surface area contributed by atoms with Crippen molar-refractivity contribution >= 4 is 28.9 Å². The number of para-hydroxylation sites is 1. The third-order valence-corrected chi connectivity index (χ3v) is 6.19. The Labute approximate surface area is 187 Å². The van der Waals surface area contributed by atoms with Gasteiger partial charge in [0.05, 0.1) is 17.7 Å². The van der Waals surface area contributed by atoms with Crippen LogP contribution in [0.4, 0.5) is 4.79 Å². The number of rotatable bonds is 4. The Morgan fingerprint density at radius 1 is 1.06 bits per heavy atom. The van der Waals surface area contributed by atoms with Crippen LogP contribution in [0.5, 0.6) is 0 Å². The number of amides is 2. The Morgan fingerprint density at radius 2 is 1.78 bits per heavy atom. The molecule has 170 valence electrons. The van der Waals surface area contributed by atoms with E-state index in [9.17, 15) is 14.4 Å². The first kappa shape index (κ1) is 22.0. The van der Waals surface area contributed by atoms with E-state index in [1.54, 1.807) is 16.7 Å². The number of ether oxygens (including phenoxy) is 2. The zero-order valence-corrected chi connectivity index (χ0v) is 18.6. The number of fused-ring (bicyclic) bond motifs is 2. The van der Waals surface area contributed by atoms with Crippen molar-refractivity contribution in [3.63, 3.8) is 0 Å². The van der Waals surface area contributed by atoms with Gasteiger partial charge in [0.2, 0.25) is 0 Å². The fourth-order valence-electron chi connectivity index (χ4n) is 4.44. The largest absolute Gasteiger partial charge is 0.452 e. The smallest absolute Gasteiger partial charge is 0.409 e. The summed E-state index contributed by atoms with van der Waals surface area (Å²) in [5, 5.41) is 0.765. The Morgan fingerprint density at radius 3 is 2.53 bits per heavy atom. The third kappa shape index (κ3) is 4.54. The number of nitrogens with zero attached hydrogens (tertiary/aromatic N) is 3. The fourth-order valence-corrected chi connectivity index (χ4v) is 4.44. The number of hydrogen-bond acceptors (Lipinski definition) is 6. The van der Waals surface area contributed by atoms with Crippen LogP contribution < -0.4 is 0 Å². The summed E-state index contributed by atoms with van der Waals surface area (Å²) in [5.41, 5.74) is 3.21. The molecule has 1 aromatic carbocycles. The van der Waals surface area contributed by atoms with E-state index in [2.05, 4.69) is 6.92 Å². The molecule has 1 saturated heterocycles. The maximum atomic E-state index is 13.1. The number of carbonyl (C=O) groups is 3. The molecule has 2 aromatic rings. The number of hydrogen-bond donors (Lipinski definition) is 0. The van der Waals surface area contributed by atoms with Gasteiger partial charge in [-0.1, -0.05) is 25.1 Å². The topological polar surface area (TPSA) is 89.0 Å². The van der Waals surface area contributed by atoms with Crippen molar-refractivity contribution in [3.05, 3.63) is 41.1 Å². The molecule has 0 spiro atoms. The van der Waals surface area contributed by atoms with Gasteiger partial charge in [-0.2, -0.15) is 0 Å². The molecule has 2 aliphatic rings. The van der Waals surface area contributed by atoms with E-state index in [0.717, 1.165) is 41.4 Å². The van der Waals surface area contributed by atoms with E-state index in [0.29, 0.717) is 44.3 Å². The molecule has 2 heterocycles. The van der Waals surface area contributed by atoms with Gasteiger partial charge in [0.1, 0.15) is 0 Å². The highest BCUT2D eigenvalue weighted by Crippen LogP contribution is 2.32. The van der Waals surface area contributed by atoms with Crippen LogP contribution in [-0.4, -0.2) is 72.1 Å². The zero-order chi connectivity index (χ0) is 22.7. The van der Waals surface area contributed by atoms with E-state index in [-0.39, 0.29) is 18.6 Å². The lowest BCUT2D eigenvalue weighted by molar-refractivity contribution is -0.136. The molecule has 1 aliphatic carbocycles. The highest BCUT2D eigenvalue weighted by atomic mass is 16.6. The van der Waals surface area contributed by atoms with Crippen molar-refractivity contribution in [2.75, 3.05) is 39.4 Å². The molecule has 1 atom stereocenters. The lowest BCUT2D eigenvalue weighted by atomic mass is 9.84. The minimum absolute atomic E-state index is 0.262. The van der Waals surface area contributed by atoms with Gasteiger partial charge in [0.15, 0.2) is 6.61 Å². The van der Waals surface area contributed by atoms with Crippen LogP contribution in [0.25, 0.3) is 10.9 Å². The molecule has 32 heavy (non-hydrogen) atoms. The van der Waals surface area contributed by atoms with Crippen LogP contribution in [0.2, 0.25) is 0 Å². The second kappa shape index (κ2) is 9.54. The number of esters is 1. The van der Waals surface area contributed by atoms with Gasteiger partial charge in [0.25, 0.3) is 5.91 Å². The van der Waals surface area contributed by atoms with E-state index in [1.165, 1.54) is 0 Å². The summed E-state index contributed by atoms with van der Waals surface area (Å²) < 4.78 is 10.5. The van der Waals surface area contributed by atoms with Crippen LogP contribution in [0.15, 0.2) is 24.3 Å². The van der Waals surface area contributed by atoms with Crippen molar-refractivity contribution in [2.45, 2.75) is 33.1 Å². The van der Waals surface area contributed by atoms with E-state index < -0.39 is 5.97 Å². The van der Waals surface area contributed by atoms with Gasteiger partial charge < -0.3 is 19.3 Å². The van der Waals surface area contributed by atoms with Crippen molar-refractivity contribution in [1.82, 2.24) is 14.8 Å². The molecule has 8 heteroatoms. The monoisotopic (exact) mass is 439 g/mol. The first-order valence-electron chi connectivity index (χ1n) is 11.2. The zero-order valence-electron chi connectivity index (χ0n) is 18.6. The lowest BCUT2D eigenvalue weighted by Crippen LogP contribution is -2.51. The number of benzene rings is 1. The van der Waals surface area contributed by atoms with Gasteiger partial charge in [0, 0.05) is 37.3 Å². The minimum Gasteiger partial charge on any atom is -0.452 e. The molecule has 0 N–H and O–H groups in total. The van der Waals surface area contributed by atoms with Crippen LogP contribution in [0.1, 0.15) is 41.9 Å². The summed E-state index contributed by atoms with van der Waals surface area (Å²) in [6, 6.07) is 7.57. The van der Waals surface area contributed by atoms with Gasteiger partial charge in [-0.25, -0.2) is 9.59 Å². The minimum atomic E-state index is -0.479. The summed E-state index contributed by atoms with van der Waals surface area (Å²) >= 11 is 0. The number of pyridine rings is 1. The molecule has 4 rings (SSSR count). The first-order chi connectivity index (χ1) is 15.5. The van der Waals surface area contributed by atoms with E-state index >= 15 is 0 Å². The third-order valence-electron chi connectivity index (χ3n) is 6.19. The molecule has 1 aromatic heterocycles. The summed E-state index contributed by atoms with van der Waals surface area (Å²) in [7, 11) is 0. The standard InChI is InChI=1S/C24H29N3O5/c1-3-31-24(30)27-12-10-26(11-13-27)21(28)15-32-23(29)22-17-6-4-5-7-19(17)25-20-9-8-16(2)14-18(20)22/h4-7,16H,3,8-15H2,1-2H3/t16-/m1/s1. The van der Waals surface area contributed by atoms with Gasteiger partial charge in [-0.15, -0.1) is 0 Å². The normalized spacial score (nSPS) is 18.2. The highest BCUT2D eigenvalue weighted by Gasteiger charge is 2.28.